The minimum absolute atomic E-state index is 0.0757. The summed E-state index contributed by atoms with van der Waals surface area (Å²) in [6, 6.07) is 6.32. The molecule has 1 aliphatic rings. The van der Waals surface area contributed by atoms with Crippen LogP contribution in [0.15, 0.2) is 162 Å². The van der Waals surface area contributed by atoms with E-state index in [0.717, 1.165) is 125 Å². The number of anilines is 4. The fraction of sp³-hybridized carbons (Fsp3) is 0.206. The van der Waals surface area contributed by atoms with E-state index < -0.39 is 52.7 Å². The maximum Gasteiger partial charge on any atom is 0.516 e. The number of nitrogen functional groups attached to an aromatic ring is 3. The molecule has 0 spiro atoms. The molecular weight excluding hydrogens is 1550 g/mol. The standard InChI is InChI=1S/C19H14F2N6OS.2C12H12N6S.C10H16BN3O2.C8H8BrN3S.C7H3ClF2O/c1-2-14-11(10-27(26-14)19-22-6-7-29-19)15-8-24-16(9-23-15)25-18(28)17-12(20)4-3-5-13(17)21;2*1-2-9-8(10-5-16-11(13)6-15-10)7-18(17-9)12-14-3-4-19-12;1-9(2)10(3,4)16-11(15-9)7-5-14-8(12)6-13-7;1-2-7-6(9)5-12(11-7)8-10-3-4-13-8;8-7(11)6-4(9)2-1-3-5(6)10/h3-10H,2H2,1H3,(H,24,25,28);2*3-7H,2H2,1H3,(H2,13,16);5-6H,1-4H3,(H2,12,14);3-5H,2H2,1H3;1-3H. The lowest BCUT2D eigenvalue weighted by atomic mass is 9.85. The summed E-state index contributed by atoms with van der Waals surface area (Å²) in [6.07, 6.45) is 30.2. The van der Waals surface area contributed by atoms with Crippen molar-refractivity contribution in [2.45, 2.75) is 92.3 Å². The number of carbonyl (C=O) groups excluding carboxylic acids is 2. The second-order valence-electron chi connectivity index (χ2n) is 23.2. The first-order valence-corrected chi connectivity index (χ1v) is 37.0. The van der Waals surface area contributed by atoms with E-state index in [9.17, 15) is 27.2 Å². The van der Waals surface area contributed by atoms with Crippen molar-refractivity contribution >= 4 is 120 Å². The molecule has 28 nitrogen and oxygen atoms in total. The second kappa shape index (κ2) is 35.9. The number of hydrogen-bond acceptors (Lipinski definition) is 27. The molecule has 0 bridgehead atoms. The summed E-state index contributed by atoms with van der Waals surface area (Å²) in [7, 11) is -0.474. The third-order valence-electron chi connectivity index (χ3n) is 15.5. The van der Waals surface area contributed by atoms with Gasteiger partial charge in [-0.3, -0.25) is 29.5 Å². The van der Waals surface area contributed by atoms with E-state index in [0.29, 0.717) is 35.2 Å². The van der Waals surface area contributed by atoms with Crippen LogP contribution in [0.2, 0.25) is 0 Å². The predicted octanol–water partition coefficient (Wildman–Crippen LogP) is 13.1. The van der Waals surface area contributed by atoms with Crippen molar-refractivity contribution in [3.05, 3.63) is 219 Å². The lowest BCUT2D eigenvalue weighted by molar-refractivity contribution is 0.00578. The summed E-state index contributed by atoms with van der Waals surface area (Å²) in [5.74, 6) is -3.43. The van der Waals surface area contributed by atoms with E-state index in [1.807, 2.05) is 80.9 Å². The van der Waals surface area contributed by atoms with Crippen LogP contribution in [0.3, 0.4) is 0 Å². The Balaban J connectivity index is 0.000000141. The highest BCUT2D eigenvalue weighted by molar-refractivity contribution is 9.10. The molecule has 2 aromatic carbocycles. The van der Waals surface area contributed by atoms with E-state index in [1.165, 1.54) is 58.7 Å². The molecule has 107 heavy (non-hydrogen) atoms. The number of halogens is 6. The zero-order valence-corrected chi connectivity index (χ0v) is 63.7. The van der Waals surface area contributed by atoms with Crippen LogP contribution in [0.4, 0.5) is 40.8 Å². The van der Waals surface area contributed by atoms with Gasteiger partial charge in [-0.25, -0.2) is 76.2 Å². The predicted molar refractivity (Wildman–Crippen MR) is 407 cm³/mol. The number of amides is 1. The third kappa shape index (κ3) is 19.8. The van der Waals surface area contributed by atoms with Gasteiger partial charge in [-0.2, -0.15) is 20.4 Å². The van der Waals surface area contributed by atoms with E-state index in [1.54, 1.807) is 85.8 Å². The van der Waals surface area contributed by atoms with Crippen molar-refractivity contribution in [1.82, 2.24) is 98.9 Å². The van der Waals surface area contributed by atoms with Gasteiger partial charge in [0.15, 0.2) is 5.82 Å². The van der Waals surface area contributed by atoms with Crippen LogP contribution in [0.25, 0.3) is 54.3 Å². The molecule has 0 unspecified atom stereocenters. The van der Waals surface area contributed by atoms with Gasteiger partial charge >= 0.3 is 7.12 Å². The Morgan fingerprint density at radius 3 is 1.12 bits per heavy atom. The molecule has 39 heteroatoms. The summed E-state index contributed by atoms with van der Waals surface area (Å²) in [6.45, 7) is 16.2. The minimum atomic E-state index is -1.12. The molecule has 13 heterocycles. The molecule has 0 radical (unpaired) electrons. The molecule has 12 aromatic heterocycles. The lowest BCUT2D eigenvalue weighted by Crippen LogP contribution is -2.41. The number of benzene rings is 2. The maximum atomic E-state index is 13.7. The molecule has 0 saturated carbocycles. The Morgan fingerprint density at radius 1 is 0.477 bits per heavy atom. The highest BCUT2D eigenvalue weighted by Crippen LogP contribution is 2.37. The Hall–Kier alpha value is -10.9. The summed E-state index contributed by atoms with van der Waals surface area (Å²) in [5, 5.41) is 30.2. The summed E-state index contributed by atoms with van der Waals surface area (Å²) < 4.78 is 72.3. The van der Waals surface area contributed by atoms with Crippen LogP contribution in [-0.4, -0.2) is 128 Å². The smallest absolute Gasteiger partial charge is 0.398 e. The molecule has 550 valence electrons. The monoisotopic (exact) mass is 1610 g/mol. The van der Waals surface area contributed by atoms with Gasteiger partial charge in [-0.05, 0) is 105 Å². The van der Waals surface area contributed by atoms with Crippen molar-refractivity contribution in [3.63, 3.8) is 0 Å². The third-order valence-corrected chi connectivity index (χ3v) is 19.4. The molecule has 14 aromatic rings. The van der Waals surface area contributed by atoms with Crippen LogP contribution in [0.5, 0.6) is 0 Å². The Labute approximate surface area is 639 Å². The first kappa shape index (κ1) is 78.7. The molecule has 1 amide bonds. The molecule has 15 rings (SSSR count). The van der Waals surface area contributed by atoms with Crippen molar-refractivity contribution in [1.29, 1.82) is 0 Å². The number of carbonyl (C=O) groups is 2. The molecule has 0 atom stereocenters. The number of nitrogens with zero attached hydrogens (tertiary/aromatic N) is 20. The topological polar surface area (TPSA) is 369 Å². The lowest BCUT2D eigenvalue weighted by Gasteiger charge is -2.32. The van der Waals surface area contributed by atoms with Crippen LogP contribution in [0.1, 0.15) is 98.9 Å². The fourth-order valence-electron chi connectivity index (χ4n) is 9.49. The van der Waals surface area contributed by atoms with Crippen LogP contribution < -0.4 is 28.1 Å². The van der Waals surface area contributed by atoms with Gasteiger partial charge in [0.2, 0.25) is 20.5 Å². The highest BCUT2D eigenvalue weighted by atomic mass is 79.9. The normalized spacial score (nSPS) is 12.4. The number of nitrogens with one attached hydrogen (secondary N) is 1. The summed E-state index contributed by atoms with van der Waals surface area (Å²) in [4.78, 5) is 72.7. The molecule has 1 aliphatic heterocycles. The first-order chi connectivity index (χ1) is 51.4. The molecule has 1 fully saturated rings. The van der Waals surface area contributed by atoms with E-state index in [-0.39, 0.29) is 17.0 Å². The Kier molecular flexibility index (Phi) is 26.4. The van der Waals surface area contributed by atoms with Gasteiger partial charge < -0.3 is 31.8 Å². The molecule has 1 saturated heterocycles. The molecule has 0 aliphatic carbocycles. The maximum absolute atomic E-state index is 13.7. The van der Waals surface area contributed by atoms with E-state index >= 15 is 0 Å². The molecule has 7 N–H and O–H groups in total. The van der Waals surface area contributed by atoms with Crippen molar-refractivity contribution in [2.24, 2.45) is 0 Å². The average Bonchev–Trinajstić information content (AvgIpc) is 1.62. The quantitative estimate of drug-likeness (QED) is 0.0421. The SMILES string of the molecule is CC1(C)OB(c2cnc(N)cn2)OC1(C)C.CCc1nn(-c2nccs2)cc1-c1cnc(N)cn1.CCc1nn(-c2nccs2)cc1-c1cnc(N)cn1.CCc1nn(-c2nccs2)cc1-c1cnc(NC(=O)c2c(F)cccc2F)cn1.CCc1nn(-c2nccs2)cc1Br.O=C(Cl)c1c(F)cccc1F. The number of hydrogen-bond donors (Lipinski definition) is 4. The number of aryl methyl sites for hydroxylation is 4. The van der Waals surface area contributed by atoms with Crippen molar-refractivity contribution < 1.29 is 36.5 Å². The zero-order valence-electron chi connectivity index (χ0n) is 58.1. The fourth-order valence-corrected chi connectivity index (χ4v) is 12.5. The Bertz CT molecular complexity index is 5040. The number of aromatic nitrogens is 20. The summed E-state index contributed by atoms with van der Waals surface area (Å²) >= 11 is 14.5. The number of rotatable bonds is 15. The second-order valence-corrected chi connectivity index (χ2v) is 27.8. The average molecular weight is 1610 g/mol. The van der Waals surface area contributed by atoms with E-state index in [4.69, 9.17) is 38.1 Å². The van der Waals surface area contributed by atoms with Gasteiger partial charge in [0.05, 0.1) is 105 Å². The van der Waals surface area contributed by atoms with Crippen LogP contribution in [0, 0.1) is 23.3 Å². The van der Waals surface area contributed by atoms with Crippen molar-refractivity contribution in [3.8, 4) is 54.3 Å². The van der Waals surface area contributed by atoms with Gasteiger partial charge in [0.1, 0.15) is 51.8 Å². The van der Waals surface area contributed by atoms with Crippen LogP contribution >= 0.6 is 72.9 Å². The van der Waals surface area contributed by atoms with Gasteiger partial charge in [0, 0.05) is 94.0 Å². The Morgan fingerprint density at radius 2 is 0.822 bits per heavy atom. The largest absolute Gasteiger partial charge is 0.516 e. The number of thiazole rings is 4. The summed E-state index contributed by atoms with van der Waals surface area (Å²) in [5.41, 5.74) is 23.8. The van der Waals surface area contributed by atoms with Crippen LogP contribution in [-0.2, 0) is 35.0 Å². The highest BCUT2D eigenvalue weighted by Gasteiger charge is 2.52. The van der Waals surface area contributed by atoms with Crippen molar-refractivity contribution in [2.75, 3.05) is 22.5 Å². The first-order valence-electron chi connectivity index (χ1n) is 32.3. The zero-order chi connectivity index (χ0) is 76.5. The van der Waals surface area contributed by atoms with Gasteiger partial charge in [-0.1, -0.05) is 39.8 Å². The van der Waals surface area contributed by atoms with Gasteiger partial charge in [-0.15, -0.1) is 45.3 Å². The van der Waals surface area contributed by atoms with E-state index in [2.05, 4.69) is 122 Å². The molecular formula is C68H65BBrClF4N24O4S4. The van der Waals surface area contributed by atoms with Gasteiger partial charge in [0.25, 0.3) is 11.1 Å². The minimum Gasteiger partial charge on any atom is -0.398 e. The number of nitrogens with two attached hydrogens (primary N) is 3.